The van der Waals surface area contributed by atoms with Crippen LogP contribution in [-0.2, 0) is 17.9 Å². The molecule has 0 saturated heterocycles. The summed E-state index contributed by atoms with van der Waals surface area (Å²) in [4.78, 5) is 25.4. The zero-order chi connectivity index (χ0) is 21.3. The third kappa shape index (κ3) is 3.89. The summed E-state index contributed by atoms with van der Waals surface area (Å²) in [5, 5.41) is 17.0. The van der Waals surface area contributed by atoms with Crippen LogP contribution in [0, 0.1) is 5.82 Å². The lowest BCUT2D eigenvalue weighted by Crippen LogP contribution is -2.28. The van der Waals surface area contributed by atoms with Crippen LogP contribution < -0.4 is 10.9 Å². The predicted octanol–water partition coefficient (Wildman–Crippen LogP) is 3.20. The second-order valence-electron chi connectivity index (χ2n) is 6.57. The van der Waals surface area contributed by atoms with Crippen molar-refractivity contribution in [2.75, 3.05) is 5.32 Å². The van der Waals surface area contributed by atoms with Crippen molar-refractivity contribution in [1.82, 2.24) is 14.2 Å². The minimum atomic E-state index is -0.464. The Balaban J connectivity index is 1.68. The Bertz CT molecular complexity index is 1280. The molecule has 4 rings (SSSR count). The minimum absolute atomic E-state index is 0.163. The third-order valence-corrected chi connectivity index (χ3v) is 5.11. The monoisotopic (exact) mass is 470 g/mol. The summed E-state index contributed by atoms with van der Waals surface area (Å²) in [5.74, 6) is -0.764. The number of hydrogen-bond acceptors (Lipinski definition) is 4. The Kier molecular flexibility index (Phi) is 5.47. The molecule has 0 unspecified atom stereocenters. The molecule has 30 heavy (non-hydrogen) atoms. The minimum Gasteiger partial charge on any atom is -0.392 e. The van der Waals surface area contributed by atoms with E-state index in [0.717, 1.165) is 4.47 Å². The first kappa shape index (κ1) is 20.0. The van der Waals surface area contributed by atoms with E-state index in [9.17, 15) is 19.1 Å². The van der Waals surface area contributed by atoms with Gasteiger partial charge in [-0.25, -0.2) is 8.91 Å². The van der Waals surface area contributed by atoms with Crippen LogP contribution in [0.15, 0.2) is 70.2 Å². The highest BCUT2D eigenvalue weighted by molar-refractivity contribution is 9.10. The van der Waals surface area contributed by atoms with Crippen LogP contribution in [0.1, 0.15) is 5.56 Å². The van der Waals surface area contributed by atoms with Crippen LogP contribution in [0.4, 0.5) is 10.1 Å². The topological polar surface area (TPSA) is 88.6 Å². The zero-order valence-corrected chi connectivity index (χ0v) is 17.1. The molecule has 0 aliphatic carbocycles. The number of benzene rings is 2. The molecule has 0 radical (unpaired) electrons. The van der Waals surface area contributed by atoms with E-state index in [1.165, 1.54) is 45.7 Å². The lowest BCUT2D eigenvalue weighted by Gasteiger charge is -2.08. The number of nitrogens with zero attached hydrogens (tertiary/aromatic N) is 3. The van der Waals surface area contributed by atoms with Gasteiger partial charge < -0.3 is 15.0 Å². The first-order valence-corrected chi connectivity index (χ1v) is 9.78. The van der Waals surface area contributed by atoms with Crippen molar-refractivity contribution >= 4 is 33.0 Å². The van der Waals surface area contributed by atoms with Crippen LogP contribution in [0.5, 0.6) is 0 Å². The molecule has 7 nitrogen and oxygen atoms in total. The van der Waals surface area contributed by atoms with Gasteiger partial charge in [0.2, 0.25) is 5.91 Å². The number of hydrogen-bond donors (Lipinski definition) is 2. The van der Waals surface area contributed by atoms with E-state index in [0.29, 0.717) is 22.5 Å². The number of aliphatic hydroxyl groups is 1. The number of aliphatic hydroxyl groups excluding tert-OH is 1. The number of fused-ring (bicyclic) bond motifs is 1. The maximum absolute atomic E-state index is 13.2. The molecule has 0 bridgehead atoms. The van der Waals surface area contributed by atoms with Gasteiger partial charge >= 0.3 is 0 Å². The molecular formula is C21H16BrFN4O3. The Morgan fingerprint density at radius 3 is 2.47 bits per heavy atom. The van der Waals surface area contributed by atoms with Crippen molar-refractivity contribution in [3.8, 4) is 11.3 Å². The van der Waals surface area contributed by atoms with Crippen LogP contribution in [0.2, 0.25) is 0 Å². The van der Waals surface area contributed by atoms with Crippen LogP contribution in [-0.4, -0.2) is 25.2 Å². The Morgan fingerprint density at radius 1 is 1.10 bits per heavy atom. The number of amides is 1. The number of carbonyl (C=O) groups excluding carboxylic acids is 1. The van der Waals surface area contributed by atoms with Gasteiger partial charge in [-0.2, -0.15) is 5.10 Å². The largest absolute Gasteiger partial charge is 0.392 e. The summed E-state index contributed by atoms with van der Waals surface area (Å²) in [5.41, 5.74) is 1.57. The van der Waals surface area contributed by atoms with Crippen molar-refractivity contribution < 1.29 is 14.3 Å². The van der Waals surface area contributed by atoms with Crippen LogP contribution >= 0.6 is 15.9 Å². The normalized spacial score (nSPS) is 11.0. The fourth-order valence-electron chi connectivity index (χ4n) is 3.15. The first-order valence-electron chi connectivity index (χ1n) is 8.99. The van der Waals surface area contributed by atoms with Gasteiger partial charge in [0.15, 0.2) is 0 Å². The molecule has 1 amide bonds. The van der Waals surface area contributed by atoms with E-state index in [1.807, 2.05) is 0 Å². The molecule has 0 aliphatic rings. The fourth-order valence-corrected chi connectivity index (χ4v) is 3.42. The van der Waals surface area contributed by atoms with Gasteiger partial charge in [-0.05, 0) is 48.5 Å². The molecule has 4 aromatic rings. The number of rotatable bonds is 5. The smallest absolute Gasteiger partial charge is 0.277 e. The molecule has 152 valence electrons. The van der Waals surface area contributed by atoms with E-state index in [-0.39, 0.29) is 18.0 Å². The van der Waals surface area contributed by atoms with Gasteiger partial charge in [-0.15, -0.1) is 0 Å². The molecule has 9 heteroatoms. The Labute approximate surface area is 178 Å². The Morgan fingerprint density at radius 2 is 1.80 bits per heavy atom. The highest BCUT2D eigenvalue weighted by atomic mass is 79.9. The first-order chi connectivity index (χ1) is 14.5. The average molecular weight is 471 g/mol. The van der Waals surface area contributed by atoms with E-state index in [2.05, 4.69) is 26.3 Å². The molecule has 2 aromatic carbocycles. The van der Waals surface area contributed by atoms with E-state index in [1.54, 1.807) is 24.3 Å². The van der Waals surface area contributed by atoms with Crippen molar-refractivity contribution in [3.63, 3.8) is 0 Å². The summed E-state index contributed by atoms with van der Waals surface area (Å²) >= 11 is 3.33. The van der Waals surface area contributed by atoms with Gasteiger partial charge in [0.25, 0.3) is 5.56 Å². The standard InChI is InChI=1S/C21H16BrFN4O3/c22-14-3-7-16(8-4-14)24-18(29)11-26-9-10-27-20(21(26)30)17(12-28)19(25-27)13-1-5-15(23)6-2-13/h1-10,28H,11-12H2,(H,24,29). The fraction of sp³-hybridized carbons (Fsp3) is 0.0952. The number of nitrogens with one attached hydrogen (secondary N) is 1. The van der Waals surface area contributed by atoms with E-state index in [4.69, 9.17) is 0 Å². The summed E-state index contributed by atoms with van der Waals surface area (Å²) < 4.78 is 16.7. The molecule has 0 atom stereocenters. The van der Waals surface area contributed by atoms with Crippen molar-refractivity contribution in [2.45, 2.75) is 13.2 Å². The molecule has 0 spiro atoms. The molecule has 2 aromatic heterocycles. The van der Waals surface area contributed by atoms with E-state index >= 15 is 0 Å². The lowest BCUT2D eigenvalue weighted by atomic mass is 10.1. The van der Waals surface area contributed by atoms with Crippen LogP contribution in [0.3, 0.4) is 0 Å². The average Bonchev–Trinajstić information content (AvgIpc) is 3.12. The molecule has 0 saturated carbocycles. The molecule has 2 N–H and O–H groups in total. The highest BCUT2D eigenvalue weighted by Crippen LogP contribution is 2.25. The number of anilines is 1. The summed E-state index contributed by atoms with van der Waals surface area (Å²) in [6, 6.07) is 12.7. The third-order valence-electron chi connectivity index (χ3n) is 4.58. The van der Waals surface area contributed by atoms with Gasteiger partial charge in [-0.1, -0.05) is 15.9 Å². The van der Waals surface area contributed by atoms with Gasteiger partial charge in [-0.3, -0.25) is 9.59 Å². The SMILES string of the molecule is O=C(Cn1ccn2nc(-c3ccc(F)cc3)c(CO)c2c1=O)Nc1ccc(Br)cc1. The maximum Gasteiger partial charge on any atom is 0.277 e. The molecular weight excluding hydrogens is 455 g/mol. The quantitative estimate of drug-likeness (QED) is 0.468. The second-order valence-corrected chi connectivity index (χ2v) is 7.49. The number of aromatic nitrogens is 3. The highest BCUT2D eigenvalue weighted by Gasteiger charge is 2.18. The van der Waals surface area contributed by atoms with Crippen molar-refractivity contribution in [3.05, 3.63) is 87.1 Å². The molecule has 0 aliphatic heterocycles. The van der Waals surface area contributed by atoms with Crippen LogP contribution in [0.25, 0.3) is 16.8 Å². The summed E-state index contributed by atoms with van der Waals surface area (Å²) in [6.07, 6.45) is 2.99. The van der Waals surface area contributed by atoms with Gasteiger partial charge in [0.05, 0.1) is 12.3 Å². The number of carbonyl (C=O) groups is 1. The molecule has 2 heterocycles. The predicted molar refractivity (Wildman–Crippen MR) is 114 cm³/mol. The summed E-state index contributed by atoms with van der Waals surface area (Å²) in [7, 11) is 0. The van der Waals surface area contributed by atoms with Crippen molar-refractivity contribution in [1.29, 1.82) is 0 Å². The van der Waals surface area contributed by atoms with Gasteiger partial charge in [0, 0.05) is 33.7 Å². The maximum atomic E-state index is 13.2. The second kappa shape index (κ2) is 8.21. The lowest BCUT2D eigenvalue weighted by molar-refractivity contribution is -0.116. The Hall–Kier alpha value is -3.30. The number of halogens is 2. The van der Waals surface area contributed by atoms with E-state index < -0.39 is 18.0 Å². The molecule has 0 fully saturated rings. The van der Waals surface area contributed by atoms with Gasteiger partial charge in [0.1, 0.15) is 17.9 Å². The summed E-state index contributed by atoms with van der Waals surface area (Å²) in [6.45, 7) is -0.631. The van der Waals surface area contributed by atoms with Crippen molar-refractivity contribution in [2.24, 2.45) is 0 Å². The zero-order valence-electron chi connectivity index (χ0n) is 15.5.